The highest BCUT2D eigenvalue weighted by atomic mass is 35.5. The number of rotatable bonds is 5. The fraction of sp³-hybridized carbons (Fsp3) is 0.364. The van der Waals surface area contributed by atoms with Gasteiger partial charge in [-0.05, 0) is 18.2 Å². The van der Waals surface area contributed by atoms with Crippen molar-refractivity contribution in [3.63, 3.8) is 0 Å². The maximum atomic E-state index is 11.8. The quantitative estimate of drug-likeness (QED) is 0.877. The van der Waals surface area contributed by atoms with E-state index < -0.39 is 25.2 Å². The lowest BCUT2D eigenvalue weighted by atomic mass is 10.3. The SMILES string of the molecule is COc1ccc(NC(=O)CNCC(F)(F)F)cc1Cl. The van der Waals surface area contributed by atoms with Crippen LogP contribution in [-0.4, -0.2) is 32.3 Å². The zero-order chi connectivity index (χ0) is 14.5. The Bertz CT molecular complexity index is 452. The van der Waals surface area contributed by atoms with Gasteiger partial charge in [-0.2, -0.15) is 13.2 Å². The molecule has 0 bridgehead atoms. The van der Waals surface area contributed by atoms with Crippen molar-refractivity contribution in [2.24, 2.45) is 0 Å². The average molecular weight is 297 g/mol. The highest BCUT2D eigenvalue weighted by Crippen LogP contribution is 2.27. The summed E-state index contributed by atoms with van der Waals surface area (Å²) in [6.07, 6.45) is -4.34. The van der Waals surface area contributed by atoms with E-state index in [0.29, 0.717) is 16.5 Å². The molecule has 0 aromatic heterocycles. The Balaban J connectivity index is 2.46. The summed E-state index contributed by atoms with van der Waals surface area (Å²) in [4.78, 5) is 11.3. The van der Waals surface area contributed by atoms with Crippen LogP contribution in [0.5, 0.6) is 5.75 Å². The first-order valence-electron chi connectivity index (χ1n) is 5.22. The molecule has 0 radical (unpaired) electrons. The van der Waals surface area contributed by atoms with E-state index in [1.54, 1.807) is 6.07 Å². The largest absolute Gasteiger partial charge is 0.495 e. The minimum atomic E-state index is -4.34. The second kappa shape index (κ2) is 6.63. The number of halogens is 4. The molecule has 0 aliphatic rings. The minimum Gasteiger partial charge on any atom is -0.495 e. The van der Waals surface area contributed by atoms with Crippen LogP contribution in [0.4, 0.5) is 18.9 Å². The highest BCUT2D eigenvalue weighted by Gasteiger charge is 2.26. The molecule has 0 spiro atoms. The van der Waals surface area contributed by atoms with Crippen molar-refractivity contribution in [1.82, 2.24) is 5.32 Å². The third-order valence-corrected chi connectivity index (χ3v) is 2.34. The number of carbonyl (C=O) groups excluding carboxylic acids is 1. The van der Waals surface area contributed by atoms with Gasteiger partial charge in [0.15, 0.2) is 0 Å². The lowest BCUT2D eigenvalue weighted by molar-refractivity contribution is -0.126. The highest BCUT2D eigenvalue weighted by molar-refractivity contribution is 6.32. The molecule has 0 saturated carbocycles. The molecule has 19 heavy (non-hydrogen) atoms. The second-order valence-corrected chi connectivity index (χ2v) is 4.02. The molecule has 106 valence electrons. The number of ether oxygens (including phenoxy) is 1. The van der Waals surface area contributed by atoms with Gasteiger partial charge in [0.25, 0.3) is 0 Å². The Morgan fingerprint density at radius 1 is 1.42 bits per heavy atom. The summed E-state index contributed by atoms with van der Waals surface area (Å²) in [6, 6.07) is 4.52. The molecule has 4 nitrogen and oxygen atoms in total. The van der Waals surface area contributed by atoms with Gasteiger partial charge in [-0.15, -0.1) is 0 Å². The number of hydrogen-bond donors (Lipinski definition) is 2. The molecule has 0 aliphatic heterocycles. The van der Waals surface area contributed by atoms with Crippen LogP contribution in [0.1, 0.15) is 0 Å². The van der Waals surface area contributed by atoms with Gasteiger partial charge in [0.2, 0.25) is 5.91 Å². The normalized spacial score (nSPS) is 11.2. The van der Waals surface area contributed by atoms with Crippen LogP contribution in [0.3, 0.4) is 0 Å². The average Bonchev–Trinajstić information content (AvgIpc) is 2.27. The zero-order valence-electron chi connectivity index (χ0n) is 9.97. The van der Waals surface area contributed by atoms with Crippen LogP contribution in [0.15, 0.2) is 18.2 Å². The monoisotopic (exact) mass is 296 g/mol. The number of methoxy groups -OCH3 is 1. The minimum absolute atomic E-state index is 0.295. The Kier molecular flexibility index (Phi) is 5.44. The van der Waals surface area contributed by atoms with E-state index in [1.165, 1.54) is 19.2 Å². The zero-order valence-corrected chi connectivity index (χ0v) is 10.7. The second-order valence-electron chi connectivity index (χ2n) is 3.62. The molecule has 0 atom stereocenters. The molecule has 0 aliphatic carbocycles. The van der Waals surface area contributed by atoms with Gasteiger partial charge in [-0.1, -0.05) is 11.6 Å². The molecule has 0 fully saturated rings. The van der Waals surface area contributed by atoms with Crippen molar-refractivity contribution in [2.75, 3.05) is 25.5 Å². The maximum absolute atomic E-state index is 11.8. The Hall–Kier alpha value is -1.47. The molecule has 0 saturated heterocycles. The van der Waals surface area contributed by atoms with Gasteiger partial charge in [0.05, 0.1) is 25.2 Å². The van der Waals surface area contributed by atoms with E-state index in [9.17, 15) is 18.0 Å². The molecular formula is C11H12ClF3N2O2. The lowest BCUT2D eigenvalue weighted by Gasteiger charge is -2.10. The van der Waals surface area contributed by atoms with Crippen molar-refractivity contribution >= 4 is 23.2 Å². The summed E-state index contributed by atoms with van der Waals surface area (Å²) >= 11 is 5.84. The van der Waals surface area contributed by atoms with Gasteiger partial charge in [-0.25, -0.2) is 0 Å². The van der Waals surface area contributed by atoms with E-state index in [0.717, 1.165) is 0 Å². The van der Waals surface area contributed by atoms with Crippen molar-refractivity contribution in [1.29, 1.82) is 0 Å². The molecule has 0 heterocycles. The number of anilines is 1. The molecule has 0 unspecified atom stereocenters. The van der Waals surface area contributed by atoms with Crippen LogP contribution in [0.2, 0.25) is 5.02 Å². The number of nitrogens with one attached hydrogen (secondary N) is 2. The Morgan fingerprint density at radius 3 is 2.63 bits per heavy atom. The Morgan fingerprint density at radius 2 is 2.11 bits per heavy atom. The summed E-state index contributed by atoms with van der Waals surface area (Å²) in [5, 5.41) is 4.69. The first-order chi connectivity index (χ1) is 8.81. The molecular weight excluding hydrogens is 285 g/mol. The molecule has 8 heteroatoms. The van der Waals surface area contributed by atoms with Gasteiger partial charge < -0.3 is 15.4 Å². The summed E-state index contributed by atoms with van der Waals surface area (Å²) in [7, 11) is 1.44. The van der Waals surface area contributed by atoms with Gasteiger partial charge >= 0.3 is 6.18 Å². The summed E-state index contributed by atoms with van der Waals surface area (Å²) < 4.78 is 40.5. The number of benzene rings is 1. The molecule has 1 amide bonds. The smallest absolute Gasteiger partial charge is 0.401 e. The van der Waals surface area contributed by atoms with E-state index in [1.807, 2.05) is 5.32 Å². The maximum Gasteiger partial charge on any atom is 0.401 e. The van der Waals surface area contributed by atoms with Crippen LogP contribution in [-0.2, 0) is 4.79 Å². The molecule has 1 aromatic rings. The molecule has 1 rings (SSSR count). The first kappa shape index (κ1) is 15.6. The van der Waals surface area contributed by atoms with Gasteiger partial charge in [-0.3, -0.25) is 4.79 Å². The predicted molar refractivity (Wildman–Crippen MR) is 65.6 cm³/mol. The van der Waals surface area contributed by atoms with Gasteiger partial charge in [0, 0.05) is 5.69 Å². The number of alkyl halides is 3. The summed E-state index contributed by atoms with van der Waals surface area (Å²) in [5.74, 6) is -0.152. The number of hydrogen-bond acceptors (Lipinski definition) is 3. The topological polar surface area (TPSA) is 50.4 Å². The van der Waals surface area contributed by atoms with Crippen LogP contribution in [0, 0.1) is 0 Å². The van der Waals surface area contributed by atoms with Crippen LogP contribution >= 0.6 is 11.6 Å². The van der Waals surface area contributed by atoms with Gasteiger partial charge in [0.1, 0.15) is 5.75 Å². The van der Waals surface area contributed by atoms with E-state index in [4.69, 9.17) is 16.3 Å². The molecule has 1 aromatic carbocycles. The van der Waals surface area contributed by atoms with E-state index in [2.05, 4.69) is 5.32 Å². The van der Waals surface area contributed by atoms with Crippen molar-refractivity contribution in [3.8, 4) is 5.75 Å². The summed E-state index contributed by atoms with van der Waals surface area (Å²) in [6.45, 7) is -1.66. The van der Waals surface area contributed by atoms with E-state index in [-0.39, 0.29) is 0 Å². The summed E-state index contributed by atoms with van der Waals surface area (Å²) in [5.41, 5.74) is 0.379. The van der Waals surface area contributed by atoms with E-state index >= 15 is 0 Å². The third-order valence-electron chi connectivity index (χ3n) is 2.05. The van der Waals surface area contributed by atoms with Crippen molar-refractivity contribution in [2.45, 2.75) is 6.18 Å². The lowest BCUT2D eigenvalue weighted by Crippen LogP contribution is -2.35. The molecule has 2 N–H and O–H groups in total. The predicted octanol–water partition coefficient (Wildman–Crippen LogP) is 2.44. The van der Waals surface area contributed by atoms with Crippen molar-refractivity contribution in [3.05, 3.63) is 23.2 Å². The van der Waals surface area contributed by atoms with Crippen molar-refractivity contribution < 1.29 is 22.7 Å². The van der Waals surface area contributed by atoms with Crippen LogP contribution in [0.25, 0.3) is 0 Å². The van der Waals surface area contributed by atoms with Crippen LogP contribution < -0.4 is 15.4 Å². The Labute approximate surface area is 112 Å². The first-order valence-corrected chi connectivity index (χ1v) is 5.60. The number of carbonyl (C=O) groups is 1. The third kappa shape index (κ3) is 5.80. The fourth-order valence-electron chi connectivity index (χ4n) is 1.27. The fourth-order valence-corrected chi connectivity index (χ4v) is 1.52. The number of amides is 1. The standard InChI is InChI=1S/C11H12ClF3N2O2/c1-19-9-3-2-7(4-8(9)12)17-10(18)5-16-6-11(13,14)15/h2-4,16H,5-6H2,1H3,(H,17,18).